The molecular weight excluding hydrogens is 396 g/mol. The number of hydrogen-bond acceptors (Lipinski definition) is 8. The van der Waals surface area contributed by atoms with Crippen LogP contribution >= 0.6 is 0 Å². The standard InChI is InChI=1S/C20H30N2O8/c1-21(2)7-9-29-19(27)15-11-5-6-12(13(15)17(23)24)16(14(11)18(25)26)20(28)30-10-8-22(3)4/h5-6,11-16H,7-10H2,1-4H3,(H,23,24)(H,25,26)/t11-,12-,13-,14+,15+,16-/m0/s1. The van der Waals surface area contributed by atoms with Crippen molar-refractivity contribution in [2.45, 2.75) is 0 Å². The van der Waals surface area contributed by atoms with Gasteiger partial charge in [-0.25, -0.2) is 0 Å². The molecule has 1 fully saturated rings. The predicted molar refractivity (Wildman–Crippen MR) is 104 cm³/mol. The highest BCUT2D eigenvalue weighted by Gasteiger charge is 2.61. The van der Waals surface area contributed by atoms with E-state index in [4.69, 9.17) is 9.47 Å². The van der Waals surface area contributed by atoms with Crippen LogP contribution in [0, 0.1) is 35.5 Å². The van der Waals surface area contributed by atoms with Gasteiger partial charge < -0.3 is 29.5 Å². The Morgan fingerprint density at radius 2 is 1.03 bits per heavy atom. The second-order valence-electron chi connectivity index (χ2n) is 8.26. The SMILES string of the molecule is CN(C)CCOC(=O)[C@@H]1[C@H]2C=C[C@@H]([C@@H]1C(=O)O)[C@H](C(=O)OCCN(C)C)[C@@H]2C(=O)O. The molecule has 0 aromatic carbocycles. The van der Waals surface area contributed by atoms with E-state index in [1.54, 1.807) is 38.0 Å². The number of likely N-dealkylation sites (N-methyl/N-ethyl adjacent to an activating group) is 2. The van der Waals surface area contributed by atoms with Crippen LogP contribution in [0.2, 0.25) is 0 Å². The molecule has 3 aliphatic rings. The summed E-state index contributed by atoms with van der Waals surface area (Å²) in [5, 5.41) is 19.6. The summed E-state index contributed by atoms with van der Waals surface area (Å²) in [6.45, 7) is 1.01. The van der Waals surface area contributed by atoms with E-state index in [0.29, 0.717) is 13.1 Å². The van der Waals surface area contributed by atoms with Gasteiger partial charge >= 0.3 is 23.9 Å². The summed E-state index contributed by atoms with van der Waals surface area (Å²) < 4.78 is 10.5. The van der Waals surface area contributed by atoms with Gasteiger partial charge in [0.05, 0.1) is 23.7 Å². The first-order valence-corrected chi connectivity index (χ1v) is 9.83. The number of nitrogens with zero attached hydrogens (tertiary/aromatic N) is 2. The van der Waals surface area contributed by atoms with Gasteiger partial charge in [0.25, 0.3) is 0 Å². The molecule has 1 saturated carbocycles. The zero-order valence-electron chi connectivity index (χ0n) is 17.7. The molecule has 10 heteroatoms. The van der Waals surface area contributed by atoms with E-state index >= 15 is 0 Å². The van der Waals surface area contributed by atoms with Gasteiger partial charge in [-0.15, -0.1) is 0 Å². The number of ether oxygens (including phenoxy) is 2. The maximum atomic E-state index is 12.7. The van der Waals surface area contributed by atoms with E-state index in [9.17, 15) is 29.4 Å². The van der Waals surface area contributed by atoms with Crippen LogP contribution in [-0.4, -0.2) is 98.4 Å². The highest BCUT2D eigenvalue weighted by molar-refractivity contribution is 5.89. The van der Waals surface area contributed by atoms with Crippen LogP contribution < -0.4 is 0 Å². The van der Waals surface area contributed by atoms with Crippen molar-refractivity contribution in [3.63, 3.8) is 0 Å². The third-order valence-corrected chi connectivity index (χ3v) is 5.67. The van der Waals surface area contributed by atoms with Crippen molar-refractivity contribution in [2.75, 3.05) is 54.5 Å². The summed E-state index contributed by atoms with van der Waals surface area (Å²) in [7, 11) is 7.19. The minimum absolute atomic E-state index is 0.0590. The topological polar surface area (TPSA) is 134 Å². The van der Waals surface area contributed by atoms with Crippen LogP contribution in [0.5, 0.6) is 0 Å². The maximum Gasteiger partial charge on any atom is 0.310 e. The van der Waals surface area contributed by atoms with E-state index in [0.717, 1.165) is 0 Å². The Bertz CT molecular complexity index is 647. The molecule has 10 nitrogen and oxygen atoms in total. The van der Waals surface area contributed by atoms with E-state index in [1.165, 1.54) is 12.2 Å². The van der Waals surface area contributed by atoms with Crippen molar-refractivity contribution >= 4 is 23.9 Å². The molecule has 2 bridgehead atoms. The number of aliphatic carboxylic acids is 2. The van der Waals surface area contributed by atoms with Gasteiger partial charge in [-0.3, -0.25) is 19.2 Å². The number of fused-ring (bicyclic) bond motifs is 2. The Morgan fingerprint density at radius 1 is 0.700 bits per heavy atom. The van der Waals surface area contributed by atoms with Gasteiger partial charge in [0.1, 0.15) is 13.2 Å². The molecule has 0 unspecified atom stereocenters. The second kappa shape index (κ2) is 10.0. The molecule has 0 heterocycles. The molecule has 3 aliphatic carbocycles. The average Bonchev–Trinajstić information content (AvgIpc) is 2.65. The van der Waals surface area contributed by atoms with Crippen molar-refractivity contribution in [3.8, 4) is 0 Å². The second-order valence-corrected chi connectivity index (χ2v) is 8.26. The van der Waals surface area contributed by atoms with Crippen molar-refractivity contribution in [3.05, 3.63) is 12.2 Å². The number of esters is 2. The minimum atomic E-state index is -1.26. The largest absolute Gasteiger partial charge is 0.481 e. The third-order valence-electron chi connectivity index (χ3n) is 5.67. The van der Waals surface area contributed by atoms with Gasteiger partial charge in [0, 0.05) is 24.9 Å². The molecule has 0 aromatic rings. The molecule has 0 spiro atoms. The Morgan fingerprint density at radius 3 is 1.30 bits per heavy atom. The average molecular weight is 426 g/mol. The first-order chi connectivity index (χ1) is 14.1. The maximum absolute atomic E-state index is 12.7. The lowest BCUT2D eigenvalue weighted by molar-refractivity contribution is -0.182. The Balaban J connectivity index is 2.28. The Hall–Kier alpha value is -2.46. The normalized spacial score (nSPS) is 29.8. The fourth-order valence-corrected chi connectivity index (χ4v) is 4.23. The summed E-state index contributed by atoms with van der Waals surface area (Å²) in [4.78, 5) is 53.1. The van der Waals surface area contributed by atoms with Gasteiger partial charge in [0.2, 0.25) is 0 Å². The molecule has 3 rings (SSSR count). The molecule has 0 aliphatic heterocycles. The van der Waals surface area contributed by atoms with Crippen molar-refractivity contribution in [1.82, 2.24) is 9.80 Å². The Kier molecular flexibility index (Phi) is 7.96. The quantitative estimate of drug-likeness (QED) is 0.352. The van der Waals surface area contributed by atoms with Crippen LogP contribution in [-0.2, 0) is 28.7 Å². The van der Waals surface area contributed by atoms with E-state index in [2.05, 4.69) is 0 Å². The lowest BCUT2D eigenvalue weighted by atomic mass is 9.53. The number of carbonyl (C=O) groups excluding carboxylic acids is 2. The van der Waals surface area contributed by atoms with Gasteiger partial charge in [-0.05, 0) is 28.2 Å². The molecule has 168 valence electrons. The summed E-state index contributed by atoms with van der Waals surface area (Å²) in [6, 6.07) is 0. The summed E-state index contributed by atoms with van der Waals surface area (Å²) in [5.41, 5.74) is 0. The van der Waals surface area contributed by atoms with E-state index in [-0.39, 0.29) is 13.2 Å². The number of rotatable bonds is 10. The van der Waals surface area contributed by atoms with Crippen molar-refractivity contribution in [2.24, 2.45) is 35.5 Å². The number of carbonyl (C=O) groups is 4. The fourth-order valence-electron chi connectivity index (χ4n) is 4.23. The molecule has 0 saturated heterocycles. The highest BCUT2D eigenvalue weighted by Crippen LogP contribution is 2.52. The highest BCUT2D eigenvalue weighted by atomic mass is 16.5. The molecule has 6 atom stereocenters. The number of hydrogen-bond donors (Lipinski definition) is 2. The number of allylic oxidation sites excluding steroid dienone is 2. The molecule has 30 heavy (non-hydrogen) atoms. The van der Waals surface area contributed by atoms with E-state index < -0.39 is 59.4 Å². The van der Waals surface area contributed by atoms with Crippen LogP contribution in [0.3, 0.4) is 0 Å². The monoisotopic (exact) mass is 426 g/mol. The zero-order valence-corrected chi connectivity index (χ0v) is 17.7. The number of carboxylic acid groups (broad SMARTS) is 2. The lowest BCUT2D eigenvalue weighted by Gasteiger charge is -2.48. The van der Waals surface area contributed by atoms with Crippen molar-refractivity contribution in [1.29, 1.82) is 0 Å². The molecule has 0 radical (unpaired) electrons. The summed E-state index contributed by atoms with van der Waals surface area (Å²) in [5.74, 6) is -10.8. The molecular formula is C20H30N2O8. The van der Waals surface area contributed by atoms with Gasteiger partial charge in [-0.2, -0.15) is 0 Å². The van der Waals surface area contributed by atoms with Gasteiger partial charge in [0.15, 0.2) is 0 Å². The summed E-state index contributed by atoms with van der Waals surface area (Å²) >= 11 is 0. The third kappa shape index (κ3) is 5.17. The van der Waals surface area contributed by atoms with Crippen LogP contribution in [0.4, 0.5) is 0 Å². The van der Waals surface area contributed by atoms with Crippen LogP contribution in [0.15, 0.2) is 12.2 Å². The predicted octanol–water partition coefficient (Wildman–Crippen LogP) is -0.354. The van der Waals surface area contributed by atoms with E-state index in [1.807, 2.05) is 0 Å². The first-order valence-electron chi connectivity index (χ1n) is 9.83. The molecule has 0 amide bonds. The summed E-state index contributed by atoms with van der Waals surface area (Å²) in [6.07, 6.45) is 3.06. The first kappa shape index (κ1) is 23.8. The molecule has 0 aromatic heterocycles. The zero-order chi connectivity index (χ0) is 22.6. The van der Waals surface area contributed by atoms with Crippen LogP contribution in [0.25, 0.3) is 0 Å². The molecule has 2 N–H and O–H groups in total. The smallest absolute Gasteiger partial charge is 0.310 e. The minimum Gasteiger partial charge on any atom is -0.481 e. The number of carboxylic acids is 2. The van der Waals surface area contributed by atoms with Crippen molar-refractivity contribution < 1.29 is 38.9 Å². The lowest BCUT2D eigenvalue weighted by Crippen LogP contribution is -2.58. The Labute approximate surface area is 175 Å². The van der Waals surface area contributed by atoms with Crippen LogP contribution in [0.1, 0.15) is 0 Å². The van der Waals surface area contributed by atoms with Gasteiger partial charge in [-0.1, -0.05) is 12.2 Å². The fraction of sp³-hybridized carbons (Fsp3) is 0.700.